The number of anilines is 1. The molecule has 0 bridgehead atoms. The Morgan fingerprint density at radius 1 is 1.18 bits per heavy atom. The molecule has 7 nitrogen and oxygen atoms in total. The molecule has 0 atom stereocenters. The fourth-order valence-corrected chi connectivity index (χ4v) is 3.06. The molecule has 0 aliphatic heterocycles. The van der Waals surface area contributed by atoms with E-state index < -0.39 is 15.8 Å². The van der Waals surface area contributed by atoms with Gasteiger partial charge in [-0.25, -0.2) is 13.2 Å². The highest BCUT2D eigenvalue weighted by molar-refractivity contribution is 7.92. The van der Waals surface area contributed by atoms with Crippen LogP contribution in [0.5, 0.6) is 0 Å². The minimum absolute atomic E-state index is 0.0736. The van der Waals surface area contributed by atoms with Crippen molar-refractivity contribution >= 4 is 26.8 Å². The zero-order valence-corrected chi connectivity index (χ0v) is 11.8. The molecule has 0 saturated heterocycles. The third kappa shape index (κ3) is 2.45. The average molecular weight is 315 g/mol. The van der Waals surface area contributed by atoms with Crippen LogP contribution in [0.3, 0.4) is 0 Å². The summed E-state index contributed by atoms with van der Waals surface area (Å²) in [5.74, 6) is -0.660. The van der Waals surface area contributed by atoms with Gasteiger partial charge in [0.2, 0.25) is 0 Å². The second-order valence-electron chi connectivity index (χ2n) is 4.44. The molecule has 0 saturated carbocycles. The summed E-state index contributed by atoms with van der Waals surface area (Å²) in [6.45, 7) is 0. The average Bonchev–Trinajstić information content (AvgIpc) is 2.86. The van der Waals surface area contributed by atoms with Gasteiger partial charge in [0.15, 0.2) is 5.58 Å². The second kappa shape index (κ2) is 5.05. The van der Waals surface area contributed by atoms with E-state index in [2.05, 4.69) is 9.71 Å². The van der Waals surface area contributed by atoms with Gasteiger partial charge in [-0.3, -0.25) is 9.71 Å². The van der Waals surface area contributed by atoms with Crippen molar-refractivity contribution in [1.82, 2.24) is 4.98 Å². The molecule has 0 unspecified atom stereocenters. The van der Waals surface area contributed by atoms with Crippen LogP contribution >= 0.6 is 0 Å². The molecular weight excluding hydrogens is 306 g/mol. The van der Waals surface area contributed by atoms with E-state index in [0.717, 1.165) is 0 Å². The maximum Gasteiger partial charge on any atom is 0.417 e. The summed E-state index contributed by atoms with van der Waals surface area (Å²) in [4.78, 5) is 13.5. The highest BCUT2D eigenvalue weighted by Crippen LogP contribution is 2.21. The summed E-state index contributed by atoms with van der Waals surface area (Å²) in [6.07, 6.45) is 0. The molecule has 1 heterocycles. The molecule has 110 valence electrons. The number of rotatable bonds is 3. The number of nitriles is 1. The molecule has 2 aromatic carbocycles. The predicted octanol–water partition coefficient (Wildman–Crippen LogP) is 1.79. The summed E-state index contributed by atoms with van der Waals surface area (Å²) in [6, 6.07) is 12.2. The number of hydrogen-bond acceptors (Lipinski definition) is 5. The maximum absolute atomic E-state index is 12.4. The van der Waals surface area contributed by atoms with Crippen LogP contribution in [0, 0.1) is 11.3 Å². The molecule has 2 N–H and O–H groups in total. The number of aromatic nitrogens is 1. The summed E-state index contributed by atoms with van der Waals surface area (Å²) in [5.41, 5.74) is 0.934. The van der Waals surface area contributed by atoms with E-state index in [4.69, 9.17) is 9.68 Å². The highest BCUT2D eigenvalue weighted by Gasteiger charge is 2.17. The highest BCUT2D eigenvalue weighted by atomic mass is 32.2. The van der Waals surface area contributed by atoms with Gasteiger partial charge in [-0.05, 0) is 24.3 Å². The molecule has 0 amide bonds. The van der Waals surface area contributed by atoms with Crippen molar-refractivity contribution in [2.45, 2.75) is 4.90 Å². The minimum atomic E-state index is -3.91. The lowest BCUT2D eigenvalue weighted by Crippen LogP contribution is -2.13. The first-order chi connectivity index (χ1) is 10.5. The molecular formula is C14H9N3O4S. The van der Waals surface area contributed by atoms with Gasteiger partial charge in [-0.1, -0.05) is 12.1 Å². The summed E-state index contributed by atoms with van der Waals surface area (Å²) < 4.78 is 31.9. The Labute approximate surface area is 124 Å². The SMILES string of the molecule is N#Cc1ccccc1NS(=O)(=O)c1ccc2[nH]c(=O)oc2c1. The number of oxazole rings is 1. The van der Waals surface area contributed by atoms with Gasteiger partial charge in [0.05, 0.1) is 21.7 Å². The lowest BCUT2D eigenvalue weighted by molar-refractivity contribution is 0.554. The Morgan fingerprint density at radius 3 is 2.73 bits per heavy atom. The Hall–Kier alpha value is -3.05. The zero-order chi connectivity index (χ0) is 15.7. The number of fused-ring (bicyclic) bond motifs is 1. The topological polar surface area (TPSA) is 116 Å². The molecule has 3 aromatic rings. The van der Waals surface area contributed by atoms with Crippen LogP contribution in [-0.4, -0.2) is 13.4 Å². The smallest absolute Gasteiger partial charge is 0.408 e. The molecule has 1 aromatic heterocycles. The van der Waals surface area contributed by atoms with Crippen LogP contribution in [0.15, 0.2) is 56.6 Å². The molecule has 0 aliphatic carbocycles. The fourth-order valence-electron chi connectivity index (χ4n) is 1.97. The van der Waals surface area contributed by atoms with E-state index in [9.17, 15) is 13.2 Å². The molecule has 0 spiro atoms. The number of H-pyrrole nitrogens is 1. The standard InChI is InChI=1S/C14H9N3O4S/c15-8-9-3-1-2-4-11(9)17-22(19,20)10-5-6-12-13(7-10)21-14(18)16-12/h1-7,17H,(H,16,18). The Balaban J connectivity index is 2.04. The van der Waals surface area contributed by atoms with E-state index >= 15 is 0 Å². The van der Waals surface area contributed by atoms with Gasteiger partial charge in [-0.15, -0.1) is 0 Å². The largest absolute Gasteiger partial charge is 0.417 e. The van der Waals surface area contributed by atoms with Crippen LogP contribution in [0.4, 0.5) is 5.69 Å². The number of sulfonamides is 1. The van der Waals surface area contributed by atoms with Crippen LogP contribution in [0.2, 0.25) is 0 Å². The molecule has 3 rings (SSSR count). The predicted molar refractivity (Wildman–Crippen MR) is 78.8 cm³/mol. The van der Waals surface area contributed by atoms with Gasteiger partial charge in [0, 0.05) is 6.07 Å². The lowest BCUT2D eigenvalue weighted by Gasteiger charge is -2.09. The maximum atomic E-state index is 12.4. The Morgan fingerprint density at radius 2 is 1.95 bits per heavy atom. The first-order valence-corrected chi connectivity index (χ1v) is 7.63. The van der Waals surface area contributed by atoms with Gasteiger partial charge in [-0.2, -0.15) is 5.26 Å². The van der Waals surface area contributed by atoms with E-state index in [1.54, 1.807) is 12.1 Å². The van der Waals surface area contributed by atoms with Gasteiger partial charge < -0.3 is 4.42 Å². The van der Waals surface area contributed by atoms with Crippen LogP contribution < -0.4 is 10.5 Å². The molecule has 8 heteroatoms. The van der Waals surface area contributed by atoms with E-state index in [1.165, 1.54) is 30.3 Å². The van der Waals surface area contributed by atoms with Crippen LogP contribution in [-0.2, 0) is 10.0 Å². The Kier molecular flexibility index (Phi) is 3.19. The van der Waals surface area contributed by atoms with E-state index in [0.29, 0.717) is 5.52 Å². The Bertz CT molecular complexity index is 1060. The zero-order valence-electron chi connectivity index (χ0n) is 11.0. The third-order valence-electron chi connectivity index (χ3n) is 2.99. The fraction of sp³-hybridized carbons (Fsp3) is 0. The van der Waals surface area contributed by atoms with Crippen LogP contribution in [0.1, 0.15) is 5.56 Å². The molecule has 0 radical (unpaired) electrons. The van der Waals surface area contributed by atoms with Crippen molar-refractivity contribution < 1.29 is 12.8 Å². The normalized spacial score (nSPS) is 11.2. The number of para-hydroxylation sites is 1. The summed E-state index contributed by atoms with van der Waals surface area (Å²) in [5, 5.41) is 8.99. The van der Waals surface area contributed by atoms with Crippen molar-refractivity contribution in [3.63, 3.8) is 0 Å². The number of hydrogen-bond donors (Lipinski definition) is 2. The van der Waals surface area contributed by atoms with Gasteiger partial charge in [0.1, 0.15) is 6.07 Å². The molecule has 0 fully saturated rings. The summed E-state index contributed by atoms with van der Waals surface area (Å²) >= 11 is 0. The number of benzene rings is 2. The summed E-state index contributed by atoms with van der Waals surface area (Å²) in [7, 11) is -3.91. The third-order valence-corrected chi connectivity index (χ3v) is 4.36. The molecule has 22 heavy (non-hydrogen) atoms. The monoisotopic (exact) mass is 315 g/mol. The van der Waals surface area contributed by atoms with Crippen molar-refractivity contribution in [2.75, 3.05) is 4.72 Å². The van der Waals surface area contributed by atoms with E-state index in [-0.39, 0.29) is 21.7 Å². The van der Waals surface area contributed by atoms with Crippen molar-refractivity contribution in [3.05, 3.63) is 58.6 Å². The van der Waals surface area contributed by atoms with Gasteiger partial charge >= 0.3 is 5.76 Å². The van der Waals surface area contributed by atoms with Gasteiger partial charge in [0.25, 0.3) is 10.0 Å². The van der Waals surface area contributed by atoms with Crippen molar-refractivity contribution in [2.24, 2.45) is 0 Å². The second-order valence-corrected chi connectivity index (χ2v) is 6.12. The van der Waals surface area contributed by atoms with Crippen LogP contribution in [0.25, 0.3) is 11.1 Å². The number of nitrogens with zero attached hydrogens (tertiary/aromatic N) is 1. The minimum Gasteiger partial charge on any atom is -0.408 e. The van der Waals surface area contributed by atoms with Crippen molar-refractivity contribution in [3.8, 4) is 6.07 Å². The van der Waals surface area contributed by atoms with Crippen molar-refractivity contribution in [1.29, 1.82) is 5.26 Å². The first-order valence-electron chi connectivity index (χ1n) is 6.14. The quantitative estimate of drug-likeness (QED) is 0.764. The number of nitrogens with one attached hydrogen (secondary N) is 2. The molecule has 0 aliphatic rings. The lowest BCUT2D eigenvalue weighted by atomic mass is 10.2. The number of aromatic amines is 1. The first kappa shape index (κ1) is 13.9. The van der Waals surface area contributed by atoms with E-state index in [1.807, 2.05) is 6.07 Å².